The minimum Gasteiger partial charge on any atom is -0.478 e. The van der Waals surface area contributed by atoms with Gasteiger partial charge in [-0.25, -0.2) is 14.8 Å². The molecule has 0 saturated carbocycles. The highest BCUT2D eigenvalue weighted by atomic mass is 35.5. The zero-order valence-corrected chi connectivity index (χ0v) is 12.4. The van der Waals surface area contributed by atoms with Crippen LogP contribution in [0, 0.1) is 0 Å². The van der Waals surface area contributed by atoms with E-state index < -0.39 is 5.97 Å². The van der Waals surface area contributed by atoms with Crippen LogP contribution in [0.5, 0.6) is 0 Å². The van der Waals surface area contributed by atoms with Gasteiger partial charge in [-0.05, 0) is 11.6 Å². The number of benzene rings is 1. The van der Waals surface area contributed by atoms with E-state index in [0.717, 1.165) is 16.5 Å². The molecule has 0 saturated heterocycles. The first-order chi connectivity index (χ1) is 11.2. The van der Waals surface area contributed by atoms with Crippen LogP contribution in [0.4, 0.5) is 0 Å². The summed E-state index contributed by atoms with van der Waals surface area (Å²) in [6, 6.07) is 5.75. The van der Waals surface area contributed by atoms with Gasteiger partial charge in [-0.15, -0.1) is 11.6 Å². The molecule has 0 aliphatic carbocycles. The van der Waals surface area contributed by atoms with Gasteiger partial charge < -0.3 is 10.1 Å². The van der Waals surface area contributed by atoms with Gasteiger partial charge in [0.2, 0.25) is 0 Å². The number of nitrogens with one attached hydrogen (secondary N) is 2. The third-order valence-corrected chi connectivity index (χ3v) is 3.94. The van der Waals surface area contributed by atoms with Crippen molar-refractivity contribution in [2.75, 3.05) is 0 Å². The molecule has 0 atom stereocenters. The summed E-state index contributed by atoms with van der Waals surface area (Å²) in [4.78, 5) is 22.7. The third-order valence-electron chi connectivity index (χ3n) is 3.64. The molecule has 23 heavy (non-hydrogen) atoms. The summed E-state index contributed by atoms with van der Waals surface area (Å²) in [6.07, 6.45) is 2.95. The fourth-order valence-corrected chi connectivity index (χ4v) is 2.68. The predicted molar refractivity (Wildman–Crippen MR) is 85.5 cm³/mol. The second-order valence-electron chi connectivity index (χ2n) is 5.05. The van der Waals surface area contributed by atoms with Crippen LogP contribution in [0.1, 0.15) is 15.9 Å². The highest BCUT2D eigenvalue weighted by molar-refractivity contribution is 6.17. The van der Waals surface area contributed by atoms with Gasteiger partial charge in [0.05, 0.1) is 11.7 Å². The van der Waals surface area contributed by atoms with Gasteiger partial charge in [0.25, 0.3) is 0 Å². The molecule has 0 aliphatic heterocycles. The minimum absolute atomic E-state index is 0.0821. The number of carboxylic acids is 1. The van der Waals surface area contributed by atoms with Crippen molar-refractivity contribution in [1.82, 2.24) is 25.1 Å². The van der Waals surface area contributed by atoms with E-state index in [1.54, 1.807) is 6.20 Å². The number of hydrogen-bond donors (Lipinski definition) is 3. The number of fused-ring (bicyclic) bond motifs is 2. The molecule has 0 unspecified atom stereocenters. The van der Waals surface area contributed by atoms with E-state index in [1.807, 2.05) is 18.2 Å². The molecule has 0 fully saturated rings. The Kier molecular flexibility index (Phi) is 3.02. The first-order valence-corrected chi connectivity index (χ1v) is 7.31. The Morgan fingerprint density at radius 1 is 1.35 bits per heavy atom. The maximum Gasteiger partial charge on any atom is 0.339 e. The summed E-state index contributed by atoms with van der Waals surface area (Å²) >= 11 is 5.84. The van der Waals surface area contributed by atoms with Crippen molar-refractivity contribution in [2.45, 2.75) is 5.88 Å². The summed E-state index contributed by atoms with van der Waals surface area (Å²) in [5.41, 5.74) is 3.76. The van der Waals surface area contributed by atoms with Gasteiger partial charge >= 0.3 is 5.97 Å². The second kappa shape index (κ2) is 5.06. The molecular weight excluding hydrogens is 318 g/mol. The number of aromatic amines is 2. The predicted octanol–water partition coefficient (Wildman–Crippen LogP) is 2.94. The van der Waals surface area contributed by atoms with Gasteiger partial charge in [0, 0.05) is 17.5 Å². The number of rotatable bonds is 3. The Bertz CT molecular complexity index is 1050. The molecule has 4 aromatic rings. The number of carbonyl (C=O) groups is 1. The van der Waals surface area contributed by atoms with Crippen molar-refractivity contribution in [1.29, 1.82) is 0 Å². The van der Waals surface area contributed by atoms with E-state index in [9.17, 15) is 9.90 Å². The van der Waals surface area contributed by atoms with Crippen molar-refractivity contribution in [3.8, 4) is 11.4 Å². The number of nitrogens with zero attached hydrogens (tertiary/aromatic N) is 3. The normalized spacial score (nSPS) is 11.3. The monoisotopic (exact) mass is 327 g/mol. The number of H-pyrrole nitrogens is 2. The van der Waals surface area contributed by atoms with Gasteiger partial charge in [0.1, 0.15) is 22.5 Å². The largest absolute Gasteiger partial charge is 0.478 e. The summed E-state index contributed by atoms with van der Waals surface area (Å²) in [7, 11) is 0. The minimum atomic E-state index is -1.05. The Morgan fingerprint density at radius 3 is 3.00 bits per heavy atom. The molecule has 7 nitrogen and oxygen atoms in total. The Hall–Kier alpha value is -2.93. The summed E-state index contributed by atoms with van der Waals surface area (Å²) in [6.45, 7) is 0. The van der Waals surface area contributed by atoms with E-state index in [4.69, 9.17) is 11.6 Å². The molecule has 0 spiro atoms. The molecule has 3 heterocycles. The van der Waals surface area contributed by atoms with E-state index in [2.05, 4.69) is 25.1 Å². The van der Waals surface area contributed by atoms with Gasteiger partial charge in [-0.2, -0.15) is 5.10 Å². The van der Waals surface area contributed by atoms with Crippen LogP contribution in [0.3, 0.4) is 0 Å². The van der Waals surface area contributed by atoms with Crippen molar-refractivity contribution in [2.24, 2.45) is 0 Å². The third kappa shape index (κ3) is 2.13. The van der Waals surface area contributed by atoms with Crippen LogP contribution < -0.4 is 0 Å². The lowest BCUT2D eigenvalue weighted by molar-refractivity contribution is 0.0699. The lowest BCUT2D eigenvalue weighted by Gasteiger charge is -1.99. The highest BCUT2D eigenvalue weighted by Gasteiger charge is 2.16. The summed E-state index contributed by atoms with van der Waals surface area (Å²) < 4.78 is 0. The Labute approximate surface area is 134 Å². The molecule has 1 aromatic carbocycles. The van der Waals surface area contributed by atoms with Gasteiger partial charge in [-0.1, -0.05) is 12.1 Å². The maximum absolute atomic E-state index is 11.2. The van der Waals surface area contributed by atoms with Crippen LogP contribution in [0.15, 0.2) is 30.6 Å². The van der Waals surface area contributed by atoms with E-state index in [1.165, 1.54) is 6.20 Å². The average Bonchev–Trinajstić information content (AvgIpc) is 3.17. The molecule has 0 radical (unpaired) electrons. The maximum atomic E-state index is 11.2. The van der Waals surface area contributed by atoms with Crippen molar-refractivity contribution >= 4 is 39.6 Å². The number of alkyl halides is 1. The number of carboxylic acid groups (broad SMARTS) is 1. The lowest BCUT2D eigenvalue weighted by Crippen LogP contribution is -1.96. The SMILES string of the molecule is O=C(O)c1c[nH]c2ncc(-c3n[nH]c4cc(CCl)ccc34)nc12. The molecule has 0 aliphatic rings. The van der Waals surface area contributed by atoms with Crippen molar-refractivity contribution in [3.63, 3.8) is 0 Å². The number of aromatic nitrogens is 5. The molecule has 8 heteroatoms. The van der Waals surface area contributed by atoms with Crippen LogP contribution in [-0.2, 0) is 5.88 Å². The molecule has 4 rings (SSSR count). The molecule has 0 amide bonds. The van der Waals surface area contributed by atoms with Crippen LogP contribution in [0.25, 0.3) is 33.5 Å². The zero-order chi connectivity index (χ0) is 16.0. The van der Waals surface area contributed by atoms with Gasteiger partial charge in [-0.3, -0.25) is 5.10 Å². The quantitative estimate of drug-likeness (QED) is 0.501. The topological polar surface area (TPSA) is 108 Å². The molecule has 3 N–H and O–H groups in total. The van der Waals surface area contributed by atoms with Crippen LogP contribution in [0.2, 0.25) is 0 Å². The number of aromatic carboxylic acids is 1. The molecular formula is C15H10ClN5O2. The number of hydrogen-bond acceptors (Lipinski definition) is 4. The summed E-state index contributed by atoms with van der Waals surface area (Å²) in [5.74, 6) is -0.636. The average molecular weight is 328 g/mol. The first-order valence-electron chi connectivity index (χ1n) is 6.78. The van der Waals surface area contributed by atoms with Crippen LogP contribution in [-0.4, -0.2) is 36.2 Å². The summed E-state index contributed by atoms with van der Waals surface area (Å²) in [5, 5.41) is 17.3. The number of halogens is 1. The van der Waals surface area contributed by atoms with Crippen LogP contribution >= 0.6 is 11.6 Å². The fourth-order valence-electron chi connectivity index (χ4n) is 2.51. The lowest BCUT2D eigenvalue weighted by atomic mass is 10.1. The molecule has 3 aromatic heterocycles. The Morgan fingerprint density at radius 2 is 2.22 bits per heavy atom. The highest BCUT2D eigenvalue weighted by Crippen LogP contribution is 2.27. The second-order valence-corrected chi connectivity index (χ2v) is 5.31. The molecule has 0 bridgehead atoms. The first kappa shape index (κ1) is 13.7. The standard InChI is InChI=1S/C15H10ClN5O2/c16-4-7-1-2-8-10(3-7)20-21-12(8)11-6-18-14-13(19-11)9(5-17-14)15(22)23/h1-3,5-6H,4H2,(H,17,18)(H,20,21)(H,22,23). The fraction of sp³-hybridized carbons (Fsp3) is 0.0667. The van der Waals surface area contributed by atoms with E-state index in [-0.39, 0.29) is 5.56 Å². The van der Waals surface area contributed by atoms with Gasteiger partial charge in [0.15, 0.2) is 5.65 Å². The van der Waals surface area contributed by atoms with E-state index in [0.29, 0.717) is 28.4 Å². The van der Waals surface area contributed by atoms with E-state index >= 15 is 0 Å². The Balaban J connectivity index is 1.91. The smallest absolute Gasteiger partial charge is 0.339 e. The molecule has 114 valence electrons. The zero-order valence-electron chi connectivity index (χ0n) is 11.7. The van der Waals surface area contributed by atoms with Crippen molar-refractivity contribution in [3.05, 3.63) is 41.7 Å². The van der Waals surface area contributed by atoms with Crippen molar-refractivity contribution < 1.29 is 9.90 Å².